The summed E-state index contributed by atoms with van der Waals surface area (Å²) >= 11 is 1.05. The fraction of sp³-hybridized carbons (Fsp3) is 0.0741. The van der Waals surface area contributed by atoms with Crippen molar-refractivity contribution in [2.24, 2.45) is 4.99 Å². The standard InChI is InChI=1S/C27H22N4O5S/c1-19-8-10-21(11-9-19)28-27(20-6-4-3-5-7-20)29(22-12-15-24(36-2)16-13-22)37-26-17-14-23(30(32)33)18-25(26)31(34)35/h3-18H,1-2H3. The Labute approximate surface area is 217 Å². The summed E-state index contributed by atoms with van der Waals surface area (Å²) in [6.07, 6.45) is 0. The van der Waals surface area contributed by atoms with E-state index in [9.17, 15) is 20.2 Å². The number of non-ortho nitro benzene ring substituents is 1. The van der Waals surface area contributed by atoms with Crippen molar-refractivity contribution >= 4 is 40.5 Å². The molecule has 9 nitrogen and oxygen atoms in total. The van der Waals surface area contributed by atoms with Crippen molar-refractivity contribution in [2.75, 3.05) is 11.4 Å². The van der Waals surface area contributed by atoms with Crippen molar-refractivity contribution in [2.45, 2.75) is 11.8 Å². The Bertz CT molecular complexity index is 1440. The summed E-state index contributed by atoms with van der Waals surface area (Å²) in [6.45, 7) is 1.98. The van der Waals surface area contributed by atoms with Crippen LogP contribution < -0.4 is 9.04 Å². The minimum atomic E-state index is -0.656. The van der Waals surface area contributed by atoms with Crippen molar-refractivity contribution in [1.29, 1.82) is 0 Å². The number of aliphatic imine (C=N–C) groups is 1. The largest absolute Gasteiger partial charge is 0.497 e. The van der Waals surface area contributed by atoms with Gasteiger partial charge >= 0.3 is 0 Å². The molecule has 186 valence electrons. The van der Waals surface area contributed by atoms with Gasteiger partial charge in [0.15, 0.2) is 5.84 Å². The van der Waals surface area contributed by atoms with Gasteiger partial charge in [-0.1, -0.05) is 48.0 Å². The second-order valence-electron chi connectivity index (χ2n) is 7.89. The van der Waals surface area contributed by atoms with Gasteiger partial charge in [-0.15, -0.1) is 0 Å². The van der Waals surface area contributed by atoms with Crippen molar-refractivity contribution in [3.05, 3.63) is 128 Å². The first kappa shape index (κ1) is 25.4. The number of ether oxygens (including phenoxy) is 1. The van der Waals surface area contributed by atoms with Gasteiger partial charge in [-0.2, -0.15) is 0 Å². The van der Waals surface area contributed by atoms with Crippen LogP contribution >= 0.6 is 11.9 Å². The third kappa shape index (κ3) is 6.11. The summed E-state index contributed by atoms with van der Waals surface area (Å²) in [5.41, 5.74) is 2.50. The predicted octanol–water partition coefficient (Wildman–Crippen LogP) is 7.11. The molecule has 37 heavy (non-hydrogen) atoms. The number of nitro benzene ring substituents is 2. The number of hydrogen-bond acceptors (Lipinski definition) is 7. The van der Waals surface area contributed by atoms with E-state index in [4.69, 9.17) is 9.73 Å². The Morgan fingerprint density at radius 3 is 2.14 bits per heavy atom. The van der Waals surface area contributed by atoms with Gasteiger partial charge in [0.2, 0.25) is 0 Å². The average molecular weight is 515 g/mol. The van der Waals surface area contributed by atoms with E-state index in [1.807, 2.05) is 73.7 Å². The molecular weight excluding hydrogens is 492 g/mol. The van der Waals surface area contributed by atoms with Crippen LogP contribution in [-0.2, 0) is 0 Å². The number of nitro groups is 2. The van der Waals surface area contributed by atoms with E-state index in [2.05, 4.69) is 0 Å². The highest BCUT2D eigenvalue weighted by Crippen LogP contribution is 2.39. The Balaban J connectivity index is 1.90. The molecule has 4 rings (SSSR count). The molecule has 0 aromatic heterocycles. The number of methoxy groups -OCH3 is 1. The number of amidine groups is 1. The second-order valence-corrected chi connectivity index (χ2v) is 8.87. The highest BCUT2D eigenvalue weighted by molar-refractivity contribution is 8.01. The summed E-state index contributed by atoms with van der Waals surface area (Å²) in [6, 6.07) is 27.9. The SMILES string of the molecule is COc1ccc(N(Sc2ccc([N+](=O)[O-])cc2[N+](=O)[O-])C(=Nc2ccc(C)cc2)c2ccccc2)cc1. The lowest BCUT2D eigenvalue weighted by Crippen LogP contribution is -2.25. The Morgan fingerprint density at radius 1 is 0.865 bits per heavy atom. The number of hydrogen-bond donors (Lipinski definition) is 0. The van der Waals surface area contributed by atoms with Crippen LogP contribution in [-0.4, -0.2) is 22.8 Å². The van der Waals surface area contributed by atoms with Crippen molar-refractivity contribution < 1.29 is 14.6 Å². The van der Waals surface area contributed by atoms with Crippen LogP contribution in [0.3, 0.4) is 0 Å². The van der Waals surface area contributed by atoms with E-state index >= 15 is 0 Å². The van der Waals surface area contributed by atoms with Gasteiger partial charge in [0.25, 0.3) is 11.4 Å². The summed E-state index contributed by atoms with van der Waals surface area (Å²) in [5.74, 6) is 1.17. The minimum Gasteiger partial charge on any atom is -0.497 e. The smallest absolute Gasteiger partial charge is 0.291 e. The molecule has 0 aliphatic heterocycles. The lowest BCUT2D eigenvalue weighted by molar-refractivity contribution is -0.396. The van der Waals surface area contributed by atoms with Crippen molar-refractivity contribution in [1.82, 2.24) is 0 Å². The van der Waals surface area contributed by atoms with Crippen LogP contribution in [0.15, 0.2) is 107 Å². The van der Waals surface area contributed by atoms with Crippen LogP contribution in [0.5, 0.6) is 5.75 Å². The molecular formula is C27H22N4O5S. The molecule has 10 heteroatoms. The molecule has 0 saturated carbocycles. The zero-order chi connectivity index (χ0) is 26.4. The Kier molecular flexibility index (Phi) is 7.80. The van der Waals surface area contributed by atoms with Gasteiger partial charge in [0, 0.05) is 23.6 Å². The number of rotatable bonds is 8. The van der Waals surface area contributed by atoms with Crippen LogP contribution in [0, 0.1) is 27.2 Å². The highest BCUT2D eigenvalue weighted by Gasteiger charge is 2.25. The molecule has 0 radical (unpaired) electrons. The number of anilines is 1. The zero-order valence-electron chi connectivity index (χ0n) is 20.0. The van der Waals surface area contributed by atoms with E-state index in [0.717, 1.165) is 29.1 Å². The maximum absolute atomic E-state index is 11.9. The van der Waals surface area contributed by atoms with Crippen LogP contribution in [0.25, 0.3) is 0 Å². The van der Waals surface area contributed by atoms with E-state index in [1.54, 1.807) is 23.5 Å². The van der Waals surface area contributed by atoms with Gasteiger partial charge in [-0.25, -0.2) is 4.99 Å². The first-order valence-electron chi connectivity index (χ1n) is 11.1. The molecule has 0 fully saturated rings. The summed E-state index contributed by atoms with van der Waals surface area (Å²) in [4.78, 5) is 27.0. The molecule has 0 N–H and O–H groups in total. The molecule has 0 spiro atoms. The summed E-state index contributed by atoms with van der Waals surface area (Å²) in [5, 5.41) is 23.1. The van der Waals surface area contributed by atoms with Gasteiger partial charge in [-0.3, -0.25) is 24.5 Å². The van der Waals surface area contributed by atoms with Crippen molar-refractivity contribution in [3.8, 4) is 5.75 Å². The zero-order valence-corrected chi connectivity index (χ0v) is 20.8. The molecule has 0 bridgehead atoms. The number of benzene rings is 4. The topological polar surface area (TPSA) is 111 Å². The lowest BCUT2D eigenvalue weighted by Gasteiger charge is -2.25. The Hall–Kier alpha value is -4.70. The fourth-order valence-corrected chi connectivity index (χ4v) is 4.44. The summed E-state index contributed by atoms with van der Waals surface area (Å²) < 4.78 is 7.06. The third-order valence-electron chi connectivity index (χ3n) is 5.34. The van der Waals surface area contributed by atoms with E-state index < -0.39 is 9.85 Å². The fourth-order valence-electron chi connectivity index (χ4n) is 3.43. The number of nitrogens with zero attached hydrogens (tertiary/aromatic N) is 4. The number of aryl methyl sites for hydroxylation is 1. The summed E-state index contributed by atoms with van der Waals surface area (Å²) in [7, 11) is 1.57. The lowest BCUT2D eigenvalue weighted by atomic mass is 10.2. The Morgan fingerprint density at radius 2 is 1.54 bits per heavy atom. The predicted molar refractivity (Wildman–Crippen MR) is 145 cm³/mol. The normalized spacial score (nSPS) is 11.1. The quantitative estimate of drug-likeness (QED) is 0.0809. The minimum absolute atomic E-state index is 0.221. The molecule has 0 amide bonds. The molecule has 0 unspecified atom stereocenters. The highest BCUT2D eigenvalue weighted by atomic mass is 32.2. The first-order chi connectivity index (χ1) is 17.9. The molecule has 4 aromatic rings. The maximum Gasteiger partial charge on any atom is 0.291 e. The van der Waals surface area contributed by atoms with Gasteiger partial charge in [-0.05, 0) is 49.4 Å². The van der Waals surface area contributed by atoms with Gasteiger partial charge < -0.3 is 4.74 Å². The first-order valence-corrected chi connectivity index (χ1v) is 11.9. The van der Waals surface area contributed by atoms with E-state index in [-0.39, 0.29) is 16.3 Å². The van der Waals surface area contributed by atoms with Gasteiger partial charge in [0.05, 0.1) is 34.4 Å². The van der Waals surface area contributed by atoms with Crippen molar-refractivity contribution in [3.63, 3.8) is 0 Å². The van der Waals surface area contributed by atoms with E-state index in [0.29, 0.717) is 23.0 Å². The monoisotopic (exact) mass is 514 g/mol. The van der Waals surface area contributed by atoms with Gasteiger partial charge in [0.1, 0.15) is 10.6 Å². The van der Waals surface area contributed by atoms with Crippen LogP contribution in [0.1, 0.15) is 11.1 Å². The molecule has 0 aliphatic carbocycles. The maximum atomic E-state index is 11.9. The average Bonchev–Trinajstić information content (AvgIpc) is 2.92. The van der Waals surface area contributed by atoms with Crippen LogP contribution in [0.2, 0.25) is 0 Å². The second kappa shape index (κ2) is 11.4. The third-order valence-corrected chi connectivity index (χ3v) is 6.45. The molecule has 4 aromatic carbocycles. The van der Waals surface area contributed by atoms with Crippen LogP contribution in [0.4, 0.5) is 22.7 Å². The molecule has 0 aliphatic rings. The molecule has 0 atom stereocenters. The molecule has 0 saturated heterocycles. The van der Waals surface area contributed by atoms with E-state index in [1.165, 1.54) is 12.1 Å². The molecule has 0 heterocycles.